The molecule has 0 aliphatic rings. The first-order valence-corrected chi connectivity index (χ1v) is 11.5. The van der Waals surface area contributed by atoms with E-state index in [1.807, 2.05) is 79.2 Å². The van der Waals surface area contributed by atoms with E-state index in [4.69, 9.17) is 4.74 Å². The van der Waals surface area contributed by atoms with Crippen molar-refractivity contribution in [1.82, 2.24) is 9.97 Å². The maximum Gasteiger partial charge on any atom is 0.257 e. The standard InChI is InChI=1S/C24H21N3O2S2/c1-17-15-31-24(25-17)27(21-8-4-3-5-9-21)23(28)12-11-19-7-6-10-22(13-19)29-14-20-16-30-18(2)26-20/h3-13,15-16H,14H2,1-2H3/b12-11+. The number of aryl methyl sites for hydroxylation is 2. The second kappa shape index (κ2) is 9.68. The average molecular weight is 448 g/mol. The number of thiazole rings is 2. The van der Waals surface area contributed by atoms with Crippen molar-refractivity contribution in [3.8, 4) is 5.75 Å². The van der Waals surface area contributed by atoms with Gasteiger partial charge < -0.3 is 4.74 Å². The molecule has 0 N–H and O–H groups in total. The SMILES string of the molecule is Cc1csc(N(C(=O)/C=C/c2cccc(OCc3csc(C)n3)c2)c2ccccc2)n1. The number of anilines is 2. The third kappa shape index (κ3) is 5.45. The third-order valence-corrected chi connectivity index (χ3v) is 6.13. The number of rotatable bonds is 7. The summed E-state index contributed by atoms with van der Waals surface area (Å²) in [6.07, 6.45) is 3.35. The van der Waals surface area contributed by atoms with Crippen molar-refractivity contribution in [2.24, 2.45) is 0 Å². The highest BCUT2D eigenvalue weighted by Crippen LogP contribution is 2.29. The molecule has 0 bridgehead atoms. The Balaban J connectivity index is 1.50. The van der Waals surface area contributed by atoms with Crippen molar-refractivity contribution in [1.29, 1.82) is 0 Å². The summed E-state index contributed by atoms with van der Waals surface area (Å²) in [6, 6.07) is 17.2. The number of hydrogen-bond acceptors (Lipinski definition) is 6. The van der Waals surface area contributed by atoms with Crippen LogP contribution in [0.25, 0.3) is 6.08 Å². The summed E-state index contributed by atoms with van der Waals surface area (Å²) in [5.74, 6) is 0.570. The molecule has 0 saturated carbocycles. The highest BCUT2D eigenvalue weighted by molar-refractivity contribution is 7.14. The van der Waals surface area contributed by atoms with Gasteiger partial charge in [-0.05, 0) is 49.8 Å². The van der Waals surface area contributed by atoms with Gasteiger partial charge in [0, 0.05) is 16.8 Å². The van der Waals surface area contributed by atoms with Gasteiger partial charge in [0.15, 0.2) is 5.13 Å². The van der Waals surface area contributed by atoms with Crippen LogP contribution in [0.1, 0.15) is 22.0 Å². The van der Waals surface area contributed by atoms with Gasteiger partial charge in [-0.3, -0.25) is 9.69 Å². The monoisotopic (exact) mass is 447 g/mol. The Kier molecular flexibility index (Phi) is 6.54. The van der Waals surface area contributed by atoms with Crippen LogP contribution < -0.4 is 9.64 Å². The lowest BCUT2D eigenvalue weighted by Gasteiger charge is -2.18. The molecule has 0 atom stereocenters. The maximum absolute atomic E-state index is 13.1. The summed E-state index contributed by atoms with van der Waals surface area (Å²) >= 11 is 3.05. The fourth-order valence-corrected chi connectivity index (χ4v) is 4.36. The molecule has 156 valence electrons. The summed E-state index contributed by atoms with van der Waals surface area (Å²) in [5, 5.41) is 5.60. The van der Waals surface area contributed by atoms with Gasteiger partial charge in [0.25, 0.3) is 5.91 Å². The van der Waals surface area contributed by atoms with Gasteiger partial charge in [-0.2, -0.15) is 0 Å². The minimum atomic E-state index is -0.162. The first-order chi connectivity index (χ1) is 15.1. The molecule has 0 aliphatic carbocycles. The van der Waals surface area contributed by atoms with Gasteiger partial charge in [0.1, 0.15) is 12.4 Å². The molecule has 7 heteroatoms. The van der Waals surface area contributed by atoms with E-state index < -0.39 is 0 Å². The van der Waals surface area contributed by atoms with E-state index in [9.17, 15) is 4.79 Å². The molecule has 0 spiro atoms. The predicted molar refractivity (Wildman–Crippen MR) is 127 cm³/mol. The number of carbonyl (C=O) groups excluding carboxylic acids is 1. The summed E-state index contributed by atoms with van der Waals surface area (Å²) in [5.41, 5.74) is 3.46. The Morgan fingerprint density at radius 1 is 1.03 bits per heavy atom. The van der Waals surface area contributed by atoms with Crippen molar-refractivity contribution >= 4 is 45.5 Å². The van der Waals surface area contributed by atoms with Gasteiger partial charge >= 0.3 is 0 Å². The molecule has 0 aliphatic heterocycles. The molecule has 0 unspecified atom stereocenters. The Labute approximate surface area is 189 Å². The normalized spacial score (nSPS) is 11.0. The zero-order valence-corrected chi connectivity index (χ0v) is 18.8. The number of benzene rings is 2. The summed E-state index contributed by atoms with van der Waals surface area (Å²) in [4.78, 5) is 23.6. The highest BCUT2D eigenvalue weighted by Gasteiger charge is 2.18. The number of ether oxygens (including phenoxy) is 1. The van der Waals surface area contributed by atoms with E-state index in [0.717, 1.165) is 33.4 Å². The Morgan fingerprint density at radius 3 is 2.58 bits per heavy atom. The molecule has 2 heterocycles. The molecule has 1 amide bonds. The maximum atomic E-state index is 13.1. The molecule has 4 aromatic rings. The van der Waals surface area contributed by atoms with Crippen molar-refractivity contribution in [2.45, 2.75) is 20.5 Å². The molecular weight excluding hydrogens is 426 g/mol. The van der Waals surface area contributed by atoms with Crippen molar-refractivity contribution < 1.29 is 9.53 Å². The summed E-state index contributed by atoms with van der Waals surface area (Å²) < 4.78 is 5.85. The Bertz CT molecular complexity index is 1200. The van der Waals surface area contributed by atoms with Gasteiger partial charge in [0.05, 0.1) is 22.1 Å². The summed E-state index contributed by atoms with van der Waals surface area (Å²) in [7, 11) is 0. The lowest BCUT2D eigenvalue weighted by atomic mass is 10.2. The van der Waals surface area contributed by atoms with E-state index in [1.54, 1.807) is 28.4 Å². The average Bonchev–Trinajstić information content (AvgIpc) is 3.40. The molecule has 0 saturated heterocycles. The summed E-state index contributed by atoms with van der Waals surface area (Å²) in [6.45, 7) is 4.31. The molecule has 5 nitrogen and oxygen atoms in total. The molecule has 31 heavy (non-hydrogen) atoms. The largest absolute Gasteiger partial charge is 0.487 e. The Morgan fingerprint density at radius 2 is 1.87 bits per heavy atom. The van der Waals surface area contributed by atoms with Gasteiger partial charge in [-0.1, -0.05) is 30.3 Å². The van der Waals surface area contributed by atoms with Crippen LogP contribution >= 0.6 is 22.7 Å². The first kappa shape index (κ1) is 21.0. The molecule has 2 aromatic carbocycles. The number of carbonyl (C=O) groups is 1. The van der Waals surface area contributed by atoms with Crippen molar-refractivity contribution in [2.75, 3.05) is 4.90 Å². The van der Waals surface area contributed by atoms with Crippen LogP contribution in [-0.4, -0.2) is 15.9 Å². The van der Waals surface area contributed by atoms with Gasteiger partial charge in [-0.15, -0.1) is 22.7 Å². The highest BCUT2D eigenvalue weighted by atomic mass is 32.1. The zero-order valence-electron chi connectivity index (χ0n) is 17.2. The molecule has 2 aromatic heterocycles. The van der Waals surface area contributed by atoms with Gasteiger partial charge in [0.2, 0.25) is 0 Å². The molecular formula is C24H21N3O2S2. The van der Waals surface area contributed by atoms with Gasteiger partial charge in [-0.25, -0.2) is 9.97 Å². The van der Waals surface area contributed by atoms with E-state index in [0.29, 0.717) is 11.7 Å². The van der Waals surface area contributed by atoms with Crippen LogP contribution in [0.5, 0.6) is 5.75 Å². The number of nitrogens with zero attached hydrogens (tertiary/aromatic N) is 3. The zero-order chi connectivity index (χ0) is 21.6. The number of aromatic nitrogens is 2. The smallest absolute Gasteiger partial charge is 0.257 e. The van der Waals surface area contributed by atoms with Crippen LogP contribution in [-0.2, 0) is 11.4 Å². The Hall–Kier alpha value is -3.29. The van der Waals surface area contributed by atoms with Crippen molar-refractivity contribution in [3.05, 3.63) is 93.4 Å². The molecule has 4 rings (SSSR count). The molecule has 0 fully saturated rings. The quantitative estimate of drug-likeness (QED) is 0.318. The van der Waals surface area contributed by atoms with E-state index in [-0.39, 0.29) is 5.91 Å². The second-order valence-electron chi connectivity index (χ2n) is 6.83. The van der Waals surface area contributed by atoms with Crippen LogP contribution in [0.2, 0.25) is 0 Å². The fraction of sp³-hybridized carbons (Fsp3) is 0.125. The number of hydrogen-bond donors (Lipinski definition) is 0. The van der Waals surface area contributed by atoms with E-state index in [1.165, 1.54) is 11.3 Å². The van der Waals surface area contributed by atoms with Crippen molar-refractivity contribution in [3.63, 3.8) is 0 Å². The first-order valence-electron chi connectivity index (χ1n) is 9.72. The minimum Gasteiger partial charge on any atom is -0.487 e. The second-order valence-corrected chi connectivity index (χ2v) is 8.73. The minimum absolute atomic E-state index is 0.162. The fourth-order valence-electron chi connectivity index (χ4n) is 2.94. The van der Waals surface area contributed by atoms with Crippen LogP contribution in [0, 0.1) is 13.8 Å². The van der Waals surface area contributed by atoms with Crippen LogP contribution in [0.3, 0.4) is 0 Å². The topological polar surface area (TPSA) is 55.3 Å². The lowest BCUT2D eigenvalue weighted by Crippen LogP contribution is -2.23. The van der Waals surface area contributed by atoms with Crippen LogP contribution in [0.4, 0.5) is 10.8 Å². The van der Waals surface area contributed by atoms with Crippen LogP contribution in [0.15, 0.2) is 71.4 Å². The van der Waals surface area contributed by atoms with E-state index in [2.05, 4.69) is 9.97 Å². The predicted octanol–water partition coefficient (Wildman–Crippen LogP) is 6.17. The number of amides is 1. The lowest BCUT2D eigenvalue weighted by molar-refractivity contribution is -0.113. The third-order valence-electron chi connectivity index (χ3n) is 4.36. The van der Waals surface area contributed by atoms with E-state index >= 15 is 0 Å². The number of para-hydroxylation sites is 1. The molecule has 0 radical (unpaired) electrons.